The summed E-state index contributed by atoms with van der Waals surface area (Å²) >= 11 is 0. The number of imidazole rings is 1. The molecule has 94 valence electrons. The van der Waals surface area contributed by atoms with Crippen molar-refractivity contribution in [2.45, 2.75) is 19.9 Å². The van der Waals surface area contributed by atoms with Crippen LogP contribution in [0.25, 0.3) is 0 Å². The van der Waals surface area contributed by atoms with Gasteiger partial charge >= 0.3 is 0 Å². The number of rotatable bonds is 5. The van der Waals surface area contributed by atoms with Crippen LogP contribution in [0.3, 0.4) is 0 Å². The van der Waals surface area contributed by atoms with Crippen molar-refractivity contribution in [3.8, 4) is 5.88 Å². The molecule has 0 N–H and O–H groups in total. The van der Waals surface area contributed by atoms with Crippen molar-refractivity contribution in [2.75, 3.05) is 7.11 Å². The standard InChI is InChI=1S/C12H14N4O2/c1-3-5-16-6-4-13-12(16)11(17)9-7-10(18-2)15-8-14-9/h4,6-8H,3,5H2,1-2H3. The van der Waals surface area contributed by atoms with Gasteiger partial charge in [-0.2, -0.15) is 0 Å². The van der Waals surface area contributed by atoms with Crippen molar-refractivity contribution in [3.05, 3.63) is 36.3 Å². The second kappa shape index (κ2) is 5.39. The summed E-state index contributed by atoms with van der Waals surface area (Å²) in [4.78, 5) is 24.1. The normalized spacial score (nSPS) is 10.3. The fourth-order valence-corrected chi connectivity index (χ4v) is 1.63. The van der Waals surface area contributed by atoms with Gasteiger partial charge in [0.2, 0.25) is 11.7 Å². The lowest BCUT2D eigenvalue weighted by atomic mass is 10.2. The first-order chi connectivity index (χ1) is 8.76. The molecule has 0 saturated carbocycles. The van der Waals surface area contributed by atoms with E-state index in [4.69, 9.17) is 4.74 Å². The van der Waals surface area contributed by atoms with Crippen molar-refractivity contribution in [1.82, 2.24) is 19.5 Å². The van der Waals surface area contributed by atoms with E-state index in [-0.39, 0.29) is 11.5 Å². The van der Waals surface area contributed by atoms with Crippen molar-refractivity contribution in [3.63, 3.8) is 0 Å². The van der Waals surface area contributed by atoms with Crippen LogP contribution in [0.5, 0.6) is 5.88 Å². The molecule has 6 heteroatoms. The largest absolute Gasteiger partial charge is 0.481 e. The number of carbonyl (C=O) groups excluding carboxylic acids is 1. The summed E-state index contributed by atoms with van der Waals surface area (Å²) < 4.78 is 6.79. The molecule has 0 saturated heterocycles. The fraction of sp³-hybridized carbons (Fsp3) is 0.333. The van der Waals surface area contributed by atoms with E-state index in [0.717, 1.165) is 13.0 Å². The highest BCUT2D eigenvalue weighted by Crippen LogP contribution is 2.11. The monoisotopic (exact) mass is 246 g/mol. The van der Waals surface area contributed by atoms with Gasteiger partial charge in [-0.05, 0) is 6.42 Å². The van der Waals surface area contributed by atoms with E-state index in [2.05, 4.69) is 15.0 Å². The Kier molecular flexibility index (Phi) is 3.66. The number of methoxy groups -OCH3 is 1. The Labute approximate surface area is 105 Å². The third-order valence-electron chi connectivity index (χ3n) is 2.47. The minimum atomic E-state index is -0.228. The van der Waals surface area contributed by atoms with Gasteiger partial charge in [0.15, 0.2) is 5.82 Å². The highest BCUT2D eigenvalue weighted by Gasteiger charge is 2.17. The topological polar surface area (TPSA) is 69.9 Å². The molecule has 0 aromatic carbocycles. The molecular formula is C12H14N4O2. The van der Waals surface area contributed by atoms with Gasteiger partial charge in [-0.1, -0.05) is 6.92 Å². The molecule has 0 atom stereocenters. The summed E-state index contributed by atoms with van der Waals surface area (Å²) in [6.07, 6.45) is 5.64. The first-order valence-electron chi connectivity index (χ1n) is 5.68. The number of hydrogen-bond donors (Lipinski definition) is 0. The molecule has 0 fully saturated rings. The molecule has 0 aliphatic rings. The first kappa shape index (κ1) is 12.2. The van der Waals surface area contributed by atoms with Gasteiger partial charge in [-0.15, -0.1) is 0 Å². The summed E-state index contributed by atoms with van der Waals surface area (Å²) in [7, 11) is 1.49. The van der Waals surface area contributed by atoms with Crippen LogP contribution in [-0.2, 0) is 6.54 Å². The molecule has 0 radical (unpaired) electrons. The number of carbonyl (C=O) groups is 1. The lowest BCUT2D eigenvalue weighted by Crippen LogP contribution is -2.13. The molecule has 6 nitrogen and oxygen atoms in total. The van der Waals surface area contributed by atoms with E-state index >= 15 is 0 Å². The molecule has 0 bridgehead atoms. The Hall–Kier alpha value is -2.24. The minimum absolute atomic E-state index is 0.228. The summed E-state index contributed by atoms with van der Waals surface area (Å²) in [5.41, 5.74) is 0.283. The molecule has 0 unspecified atom stereocenters. The lowest BCUT2D eigenvalue weighted by Gasteiger charge is -2.05. The Bertz CT molecular complexity index is 551. The summed E-state index contributed by atoms with van der Waals surface area (Å²) in [6, 6.07) is 1.51. The molecule has 0 amide bonds. The number of nitrogens with zero attached hydrogens (tertiary/aromatic N) is 4. The average molecular weight is 246 g/mol. The average Bonchev–Trinajstić information content (AvgIpc) is 2.86. The van der Waals surface area contributed by atoms with Crippen LogP contribution >= 0.6 is 0 Å². The fourth-order valence-electron chi connectivity index (χ4n) is 1.63. The van der Waals surface area contributed by atoms with Crippen LogP contribution in [0.2, 0.25) is 0 Å². The van der Waals surface area contributed by atoms with Crippen molar-refractivity contribution in [1.29, 1.82) is 0 Å². The number of ether oxygens (including phenoxy) is 1. The third kappa shape index (κ3) is 2.37. The van der Waals surface area contributed by atoms with Gasteiger partial charge in [0.25, 0.3) is 0 Å². The van der Waals surface area contributed by atoms with E-state index in [1.807, 2.05) is 11.5 Å². The number of ketones is 1. The van der Waals surface area contributed by atoms with Gasteiger partial charge in [0.05, 0.1) is 7.11 Å². The van der Waals surface area contributed by atoms with Gasteiger partial charge < -0.3 is 9.30 Å². The predicted molar refractivity (Wildman–Crippen MR) is 64.5 cm³/mol. The minimum Gasteiger partial charge on any atom is -0.481 e. The van der Waals surface area contributed by atoms with Gasteiger partial charge in [-0.25, -0.2) is 15.0 Å². The summed E-state index contributed by atoms with van der Waals surface area (Å²) in [5.74, 6) is 0.522. The highest BCUT2D eigenvalue weighted by molar-refractivity contribution is 6.05. The molecular weight excluding hydrogens is 232 g/mol. The second-order valence-electron chi connectivity index (χ2n) is 3.72. The van der Waals surface area contributed by atoms with Crippen molar-refractivity contribution >= 4 is 5.78 Å². The zero-order valence-electron chi connectivity index (χ0n) is 10.3. The SMILES string of the molecule is CCCn1ccnc1C(=O)c1cc(OC)ncn1. The van der Waals surface area contributed by atoms with Gasteiger partial charge in [0, 0.05) is 25.0 Å². The molecule has 0 spiro atoms. The molecule has 0 aliphatic heterocycles. The Morgan fingerprint density at radius 1 is 1.39 bits per heavy atom. The maximum Gasteiger partial charge on any atom is 0.246 e. The molecule has 2 rings (SSSR count). The zero-order chi connectivity index (χ0) is 13.0. The Balaban J connectivity index is 2.32. The van der Waals surface area contributed by atoms with Crippen molar-refractivity contribution in [2.24, 2.45) is 0 Å². The quantitative estimate of drug-likeness (QED) is 0.744. The van der Waals surface area contributed by atoms with E-state index in [0.29, 0.717) is 11.7 Å². The molecule has 2 aromatic rings. The molecule has 0 aliphatic carbocycles. The van der Waals surface area contributed by atoms with Gasteiger partial charge in [0.1, 0.15) is 12.0 Å². The molecule has 2 aromatic heterocycles. The van der Waals surface area contributed by atoms with Crippen LogP contribution in [0.1, 0.15) is 29.7 Å². The Morgan fingerprint density at radius 3 is 2.94 bits per heavy atom. The second-order valence-corrected chi connectivity index (χ2v) is 3.72. The molecule has 2 heterocycles. The van der Waals surface area contributed by atoms with Crippen LogP contribution in [0, 0.1) is 0 Å². The van der Waals surface area contributed by atoms with Crippen LogP contribution in [0.4, 0.5) is 0 Å². The van der Waals surface area contributed by atoms with Crippen LogP contribution in [-0.4, -0.2) is 32.4 Å². The smallest absolute Gasteiger partial charge is 0.246 e. The zero-order valence-corrected chi connectivity index (χ0v) is 10.3. The van der Waals surface area contributed by atoms with Crippen LogP contribution < -0.4 is 4.74 Å². The van der Waals surface area contributed by atoms with Crippen molar-refractivity contribution < 1.29 is 9.53 Å². The Morgan fingerprint density at radius 2 is 2.22 bits per heavy atom. The maximum atomic E-state index is 12.2. The molecule has 18 heavy (non-hydrogen) atoms. The highest BCUT2D eigenvalue weighted by atomic mass is 16.5. The summed E-state index contributed by atoms with van der Waals surface area (Å²) in [6.45, 7) is 2.80. The number of hydrogen-bond acceptors (Lipinski definition) is 5. The number of aromatic nitrogens is 4. The summed E-state index contributed by atoms with van der Waals surface area (Å²) in [5, 5.41) is 0. The lowest BCUT2D eigenvalue weighted by molar-refractivity contribution is 0.102. The number of aryl methyl sites for hydroxylation is 1. The first-order valence-corrected chi connectivity index (χ1v) is 5.68. The van der Waals surface area contributed by atoms with E-state index in [1.165, 1.54) is 19.5 Å². The predicted octanol–water partition coefficient (Wildman–Crippen LogP) is 1.32. The maximum absolute atomic E-state index is 12.2. The van der Waals surface area contributed by atoms with Gasteiger partial charge in [-0.3, -0.25) is 4.79 Å². The van der Waals surface area contributed by atoms with E-state index in [1.54, 1.807) is 12.4 Å². The van der Waals surface area contributed by atoms with E-state index in [9.17, 15) is 4.79 Å². The van der Waals surface area contributed by atoms with Crippen LogP contribution in [0.15, 0.2) is 24.8 Å². The third-order valence-corrected chi connectivity index (χ3v) is 2.47. The van der Waals surface area contributed by atoms with E-state index < -0.39 is 0 Å².